The smallest absolute Gasteiger partial charge is 0.182 e. The van der Waals surface area contributed by atoms with Gasteiger partial charge in [-0.1, -0.05) is 115 Å². The number of rotatable bonds is 4. The molecule has 5 nitrogen and oxygen atoms in total. The zero-order valence-electron chi connectivity index (χ0n) is 26.3. The molecule has 5 aromatic carbocycles. The van der Waals surface area contributed by atoms with Gasteiger partial charge >= 0.3 is 0 Å². The number of hydrogen-bond acceptors (Lipinski definition) is 5. The van der Waals surface area contributed by atoms with Crippen LogP contribution in [0.2, 0.25) is 0 Å². The fraction of sp³-hybridized carbons (Fsp3) is 0.0227. The monoisotopic (exact) mass is 625 g/mol. The lowest BCUT2D eigenvalue weighted by Crippen LogP contribution is -2.26. The van der Waals surface area contributed by atoms with Crippen molar-refractivity contribution in [3.63, 3.8) is 0 Å². The minimum atomic E-state index is -0.515. The van der Waals surface area contributed by atoms with Crippen LogP contribution in [0.4, 0.5) is 0 Å². The lowest BCUT2D eigenvalue weighted by Gasteiger charge is -2.31. The Balaban J connectivity index is 1.25. The van der Waals surface area contributed by atoms with E-state index in [-0.39, 0.29) is 0 Å². The van der Waals surface area contributed by atoms with Crippen LogP contribution >= 0.6 is 0 Å². The van der Waals surface area contributed by atoms with Gasteiger partial charge in [0, 0.05) is 18.0 Å². The van der Waals surface area contributed by atoms with Gasteiger partial charge in [0.25, 0.3) is 0 Å². The summed E-state index contributed by atoms with van der Waals surface area (Å²) in [4.78, 5) is 24.0. The van der Waals surface area contributed by atoms with E-state index in [4.69, 9.17) is 15.0 Å². The molecule has 1 atom stereocenters. The summed E-state index contributed by atoms with van der Waals surface area (Å²) in [5, 5.41) is 0. The van der Waals surface area contributed by atoms with Crippen molar-refractivity contribution in [3.8, 4) is 67.8 Å². The first-order chi connectivity index (χ1) is 24.3. The highest BCUT2D eigenvalue weighted by molar-refractivity contribution is 5.96. The average molecular weight is 626 g/mol. The molecule has 0 saturated heterocycles. The van der Waals surface area contributed by atoms with Gasteiger partial charge in [0.05, 0.1) is 5.41 Å². The minimum absolute atomic E-state index is 0.508. The zero-order valence-corrected chi connectivity index (χ0v) is 26.3. The van der Waals surface area contributed by atoms with E-state index in [2.05, 4.69) is 125 Å². The second-order valence-corrected chi connectivity index (χ2v) is 12.5. The molecular weight excluding hydrogens is 599 g/mol. The van der Waals surface area contributed by atoms with E-state index >= 15 is 0 Å². The Morgan fingerprint density at radius 1 is 0.327 bits per heavy atom. The summed E-state index contributed by atoms with van der Waals surface area (Å²) in [6, 6.07) is 53.6. The summed E-state index contributed by atoms with van der Waals surface area (Å²) in [5.41, 5.74) is 14.2. The molecule has 2 aliphatic carbocycles. The average Bonchev–Trinajstić information content (AvgIpc) is 3.65. The first-order valence-corrected chi connectivity index (χ1v) is 16.4. The largest absolute Gasteiger partial charge is 0.253 e. The number of pyridine rings is 2. The number of benzene rings is 5. The second-order valence-electron chi connectivity index (χ2n) is 12.5. The van der Waals surface area contributed by atoms with Gasteiger partial charge in [-0.25, -0.2) is 15.0 Å². The maximum Gasteiger partial charge on any atom is 0.182 e. The molecular formula is C44H27N5. The van der Waals surface area contributed by atoms with Crippen LogP contribution in [-0.4, -0.2) is 24.9 Å². The van der Waals surface area contributed by atoms with Gasteiger partial charge in [0.15, 0.2) is 17.5 Å². The van der Waals surface area contributed by atoms with E-state index in [0.29, 0.717) is 28.9 Å². The van der Waals surface area contributed by atoms with Crippen molar-refractivity contribution < 1.29 is 0 Å². The van der Waals surface area contributed by atoms with Gasteiger partial charge in [-0.3, -0.25) is 9.97 Å². The van der Waals surface area contributed by atoms with Crippen molar-refractivity contribution in [1.82, 2.24) is 24.9 Å². The van der Waals surface area contributed by atoms with Crippen LogP contribution in [0, 0.1) is 0 Å². The SMILES string of the molecule is c1ccc(-c2ccc3c(c2)C2(c4ccccc4-3)c3ccccc3-c3ccc(-c4nc(-c5ccccn5)nc(-c5ccccn5)n4)cc32)cc1. The fourth-order valence-electron chi connectivity index (χ4n) is 7.81. The van der Waals surface area contributed by atoms with Crippen LogP contribution in [0.25, 0.3) is 67.8 Å². The molecule has 5 heteroatoms. The number of aromatic nitrogens is 5. The quantitative estimate of drug-likeness (QED) is 0.195. The molecule has 8 aromatic rings. The van der Waals surface area contributed by atoms with Crippen LogP contribution in [0.1, 0.15) is 22.3 Å². The molecule has 10 rings (SSSR count). The van der Waals surface area contributed by atoms with Crippen molar-refractivity contribution in [1.29, 1.82) is 0 Å². The van der Waals surface area contributed by atoms with Gasteiger partial charge < -0.3 is 0 Å². The molecule has 0 radical (unpaired) electrons. The van der Waals surface area contributed by atoms with Crippen LogP contribution < -0.4 is 0 Å². The molecule has 0 fully saturated rings. The third-order valence-electron chi connectivity index (χ3n) is 9.88. The standard InChI is InChI=1S/C44H27N5/c1-2-12-28(13-3-1)29-20-22-33-31-14-4-6-16-35(31)44(37(33)26-29)36-17-7-5-15-32(36)34-23-21-30(27-38(34)44)41-47-42(39-18-8-10-24-45-39)49-43(48-41)40-19-9-11-25-46-40/h1-27H. The van der Waals surface area contributed by atoms with Gasteiger partial charge in [0.2, 0.25) is 0 Å². The molecule has 0 bridgehead atoms. The molecule has 1 spiro atoms. The van der Waals surface area contributed by atoms with E-state index in [0.717, 1.165) is 5.56 Å². The maximum absolute atomic E-state index is 5.02. The third-order valence-corrected chi connectivity index (χ3v) is 9.88. The number of fused-ring (bicyclic) bond motifs is 10. The highest BCUT2D eigenvalue weighted by Gasteiger charge is 2.51. The van der Waals surface area contributed by atoms with Gasteiger partial charge in [-0.2, -0.15) is 0 Å². The number of nitrogens with zero attached hydrogens (tertiary/aromatic N) is 5. The highest BCUT2D eigenvalue weighted by Crippen LogP contribution is 2.63. The predicted octanol–water partition coefficient (Wildman–Crippen LogP) is 9.67. The number of hydrogen-bond donors (Lipinski definition) is 0. The summed E-state index contributed by atoms with van der Waals surface area (Å²) in [6.07, 6.45) is 3.52. The topological polar surface area (TPSA) is 64.5 Å². The molecule has 3 heterocycles. The Morgan fingerprint density at radius 2 is 0.796 bits per heavy atom. The lowest BCUT2D eigenvalue weighted by molar-refractivity contribution is 0.794. The fourth-order valence-corrected chi connectivity index (χ4v) is 7.81. The molecule has 1 unspecified atom stereocenters. The van der Waals surface area contributed by atoms with Crippen LogP contribution in [0.5, 0.6) is 0 Å². The zero-order chi connectivity index (χ0) is 32.4. The van der Waals surface area contributed by atoms with Gasteiger partial charge in [-0.15, -0.1) is 0 Å². The summed E-state index contributed by atoms with van der Waals surface area (Å²) >= 11 is 0. The Kier molecular flexibility index (Phi) is 6.02. The van der Waals surface area contributed by atoms with E-state index in [1.54, 1.807) is 12.4 Å². The van der Waals surface area contributed by atoms with Crippen molar-refractivity contribution in [2.75, 3.05) is 0 Å². The first-order valence-electron chi connectivity index (χ1n) is 16.4. The Labute approximate surface area is 283 Å². The van der Waals surface area contributed by atoms with Gasteiger partial charge in [-0.05, 0) is 92.0 Å². The first kappa shape index (κ1) is 27.5. The summed E-state index contributed by atoms with van der Waals surface area (Å²) in [7, 11) is 0. The minimum Gasteiger partial charge on any atom is -0.253 e. The van der Waals surface area contributed by atoms with Crippen LogP contribution in [0.3, 0.4) is 0 Å². The van der Waals surface area contributed by atoms with Crippen molar-refractivity contribution in [3.05, 3.63) is 186 Å². The maximum atomic E-state index is 5.02. The second kappa shape index (κ2) is 10.7. The summed E-state index contributed by atoms with van der Waals surface area (Å²) in [6.45, 7) is 0. The third kappa shape index (κ3) is 4.09. The van der Waals surface area contributed by atoms with Crippen molar-refractivity contribution >= 4 is 0 Å². The van der Waals surface area contributed by atoms with Crippen molar-refractivity contribution in [2.45, 2.75) is 5.41 Å². The molecule has 0 amide bonds. The van der Waals surface area contributed by atoms with E-state index in [9.17, 15) is 0 Å². The molecule has 0 saturated carbocycles. The Morgan fingerprint density at radius 3 is 1.37 bits per heavy atom. The van der Waals surface area contributed by atoms with E-state index < -0.39 is 5.41 Å². The highest BCUT2D eigenvalue weighted by atomic mass is 15.1. The molecule has 0 N–H and O–H groups in total. The normalized spacial score (nSPS) is 15.0. The lowest BCUT2D eigenvalue weighted by atomic mass is 9.70. The van der Waals surface area contributed by atoms with Crippen LogP contribution in [0.15, 0.2) is 164 Å². The van der Waals surface area contributed by atoms with Crippen molar-refractivity contribution in [2.24, 2.45) is 0 Å². The Hall–Kier alpha value is -6.59. The molecule has 2 aliphatic rings. The van der Waals surface area contributed by atoms with Crippen LogP contribution in [-0.2, 0) is 5.41 Å². The molecule has 0 aliphatic heterocycles. The van der Waals surface area contributed by atoms with E-state index in [1.807, 2.05) is 36.4 Å². The summed E-state index contributed by atoms with van der Waals surface area (Å²) in [5.74, 6) is 1.59. The molecule has 49 heavy (non-hydrogen) atoms. The summed E-state index contributed by atoms with van der Waals surface area (Å²) < 4.78 is 0. The van der Waals surface area contributed by atoms with E-state index in [1.165, 1.54) is 55.6 Å². The molecule has 3 aromatic heterocycles. The predicted molar refractivity (Wildman–Crippen MR) is 193 cm³/mol. The van der Waals surface area contributed by atoms with Gasteiger partial charge in [0.1, 0.15) is 11.4 Å². The molecule has 228 valence electrons. The Bertz CT molecular complexity index is 2480.